The van der Waals surface area contributed by atoms with E-state index in [1.54, 1.807) is 12.1 Å². The van der Waals surface area contributed by atoms with Gasteiger partial charge in [0.15, 0.2) is 0 Å². The van der Waals surface area contributed by atoms with Crippen molar-refractivity contribution in [3.63, 3.8) is 0 Å². The van der Waals surface area contributed by atoms with Gasteiger partial charge in [0.25, 0.3) is 17.4 Å². The normalized spacial score (nSPS) is 17.3. The minimum Gasteiger partial charge on any atom is -0.507 e. The number of carbonyl (C=O) groups is 2. The Morgan fingerprint density at radius 2 is 1.91 bits per heavy atom. The number of carbonyl (C=O) groups excluding carboxylic acids is 2. The molecule has 3 rings (SSSR count). The summed E-state index contributed by atoms with van der Waals surface area (Å²) in [6.45, 7) is 6.74. The highest BCUT2D eigenvalue weighted by Gasteiger charge is 2.46. The number of benzene rings is 2. The molecule has 0 spiro atoms. The third-order valence-corrected chi connectivity index (χ3v) is 6.43. The fourth-order valence-corrected chi connectivity index (χ4v) is 4.50. The van der Waals surface area contributed by atoms with Crippen LogP contribution in [-0.2, 0) is 9.59 Å². The molecule has 9 nitrogen and oxygen atoms in total. The zero-order chi connectivity index (χ0) is 25.7. The van der Waals surface area contributed by atoms with Crippen LogP contribution in [-0.4, -0.2) is 64.8 Å². The molecule has 0 radical (unpaired) electrons. The average Bonchev–Trinajstić information content (AvgIpc) is 3.11. The molecule has 2 aromatic rings. The Morgan fingerprint density at radius 1 is 1.20 bits per heavy atom. The monoisotopic (exact) mass is 501 g/mol. The molecule has 1 N–H and O–H groups in total. The Labute approximate surface area is 208 Å². The van der Waals surface area contributed by atoms with Crippen molar-refractivity contribution in [1.82, 2.24) is 9.80 Å². The Morgan fingerprint density at radius 3 is 2.51 bits per heavy atom. The fraction of sp³-hybridized carbons (Fsp3) is 0.360. The Balaban J connectivity index is 2.10. The number of aliphatic hydroxyl groups is 1. The van der Waals surface area contributed by atoms with Crippen LogP contribution < -0.4 is 4.74 Å². The maximum Gasteiger partial charge on any atom is 0.295 e. The molecular weight excluding hydrogens is 474 g/mol. The van der Waals surface area contributed by atoms with Gasteiger partial charge in [-0.3, -0.25) is 19.7 Å². The maximum absolute atomic E-state index is 13.1. The zero-order valence-corrected chi connectivity index (χ0v) is 20.6. The molecule has 0 saturated carbocycles. The van der Waals surface area contributed by atoms with Crippen molar-refractivity contribution < 1.29 is 24.4 Å². The highest BCUT2D eigenvalue weighted by atomic mass is 35.5. The lowest BCUT2D eigenvalue weighted by Crippen LogP contribution is -2.33. The molecular formula is C25H28ClN3O6. The topological polar surface area (TPSA) is 113 Å². The number of aliphatic hydroxyl groups excluding tert-OH is 1. The number of amides is 1. The molecule has 1 heterocycles. The van der Waals surface area contributed by atoms with E-state index in [0.717, 1.165) is 13.1 Å². The van der Waals surface area contributed by atoms with Gasteiger partial charge in [-0.15, -0.1) is 0 Å². The number of non-ortho nitro benzene ring substituents is 1. The summed E-state index contributed by atoms with van der Waals surface area (Å²) < 4.78 is 5.14. The SMILES string of the molecule is CCN(CC)CCCN1C(=O)C(=O)C(=C(O)c2ccc(OC)c(Cl)c2)[C@@H]1c1cccc([N+](=O)[O-])c1. The Kier molecular flexibility index (Phi) is 8.48. The summed E-state index contributed by atoms with van der Waals surface area (Å²) >= 11 is 6.21. The lowest BCUT2D eigenvalue weighted by atomic mass is 9.95. The number of methoxy groups -OCH3 is 1. The number of nitro groups is 1. The summed E-state index contributed by atoms with van der Waals surface area (Å²) in [5.74, 6) is -1.64. The molecule has 1 fully saturated rings. The van der Waals surface area contributed by atoms with Crippen molar-refractivity contribution in [2.75, 3.05) is 33.3 Å². The van der Waals surface area contributed by atoms with Crippen LogP contribution in [0.4, 0.5) is 5.69 Å². The summed E-state index contributed by atoms with van der Waals surface area (Å²) in [5.41, 5.74) is 0.276. The number of hydrogen-bond donors (Lipinski definition) is 1. The number of hydrogen-bond acceptors (Lipinski definition) is 7. The second-order valence-corrected chi connectivity index (χ2v) is 8.48. The van der Waals surface area contributed by atoms with Gasteiger partial charge in [-0.2, -0.15) is 0 Å². The molecule has 35 heavy (non-hydrogen) atoms. The van der Waals surface area contributed by atoms with Gasteiger partial charge in [-0.25, -0.2) is 0 Å². The van der Waals surface area contributed by atoms with Crippen molar-refractivity contribution >= 4 is 34.7 Å². The first-order chi connectivity index (χ1) is 16.7. The van der Waals surface area contributed by atoms with Crippen LogP contribution in [0.5, 0.6) is 5.75 Å². The number of Topliss-reactive ketones (excluding diaryl/α,β-unsaturated/α-hetero) is 1. The van der Waals surface area contributed by atoms with Gasteiger partial charge in [0.2, 0.25) is 0 Å². The summed E-state index contributed by atoms with van der Waals surface area (Å²) in [4.78, 5) is 40.6. The van der Waals surface area contributed by atoms with Crippen molar-refractivity contribution in [2.24, 2.45) is 0 Å². The van der Waals surface area contributed by atoms with E-state index in [1.807, 2.05) is 13.8 Å². The van der Waals surface area contributed by atoms with E-state index < -0.39 is 28.4 Å². The Bertz CT molecular complexity index is 1160. The van der Waals surface area contributed by atoms with E-state index in [9.17, 15) is 24.8 Å². The second kappa shape index (κ2) is 11.3. The van der Waals surface area contributed by atoms with Crippen LogP contribution in [0.1, 0.15) is 37.4 Å². The second-order valence-electron chi connectivity index (χ2n) is 8.07. The molecule has 0 bridgehead atoms. The van der Waals surface area contributed by atoms with E-state index >= 15 is 0 Å². The smallest absolute Gasteiger partial charge is 0.295 e. The third-order valence-electron chi connectivity index (χ3n) is 6.13. The van der Waals surface area contributed by atoms with Crippen LogP contribution in [0.3, 0.4) is 0 Å². The molecule has 1 saturated heterocycles. The first-order valence-corrected chi connectivity index (χ1v) is 11.7. The number of nitro benzene ring substituents is 1. The number of likely N-dealkylation sites (tertiary alicyclic amines) is 1. The zero-order valence-electron chi connectivity index (χ0n) is 19.9. The van der Waals surface area contributed by atoms with Crippen LogP contribution in [0.25, 0.3) is 5.76 Å². The number of nitrogens with zero attached hydrogens (tertiary/aromatic N) is 3. The number of ether oxygens (including phenoxy) is 1. The van der Waals surface area contributed by atoms with Gasteiger partial charge in [-0.05, 0) is 49.8 Å². The summed E-state index contributed by atoms with van der Waals surface area (Å²) in [7, 11) is 1.45. The maximum atomic E-state index is 13.1. The first kappa shape index (κ1) is 26.2. The minimum atomic E-state index is -0.979. The molecule has 1 aliphatic rings. The highest BCUT2D eigenvalue weighted by molar-refractivity contribution is 6.46. The van der Waals surface area contributed by atoms with Gasteiger partial charge >= 0.3 is 0 Å². The van der Waals surface area contributed by atoms with Crippen LogP contribution in [0, 0.1) is 10.1 Å². The van der Waals surface area contributed by atoms with Gasteiger partial charge in [0.1, 0.15) is 11.5 Å². The van der Waals surface area contributed by atoms with Gasteiger partial charge in [-0.1, -0.05) is 37.6 Å². The fourth-order valence-electron chi connectivity index (χ4n) is 4.24. The predicted molar refractivity (Wildman–Crippen MR) is 133 cm³/mol. The molecule has 10 heteroatoms. The third kappa shape index (κ3) is 5.47. The van der Waals surface area contributed by atoms with Gasteiger partial charge in [0, 0.05) is 24.2 Å². The van der Waals surface area contributed by atoms with Gasteiger partial charge < -0.3 is 19.6 Å². The van der Waals surface area contributed by atoms with Crippen molar-refractivity contribution in [1.29, 1.82) is 0 Å². The first-order valence-electron chi connectivity index (χ1n) is 11.3. The quantitative estimate of drug-likeness (QED) is 0.169. The summed E-state index contributed by atoms with van der Waals surface area (Å²) in [6, 6.07) is 9.28. The van der Waals surface area contributed by atoms with Crippen molar-refractivity contribution in [3.8, 4) is 5.75 Å². The lowest BCUT2D eigenvalue weighted by molar-refractivity contribution is -0.384. The van der Waals surface area contributed by atoms with Crippen molar-refractivity contribution in [3.05, 3.63) is 74.3 Å². The number of rotatable bonds is 10. The van der Waals surface area contributed by atoms with E-state index in [2.05, 4.69) is 4.90 Å². The molecule has 0 unspecified atom stereocenters. The largest absolute Gasteiger partial charge is 0.507 e. The molecule has 186 valence electrons. The molecule has 0 aliphatic carbocycles. The number of ketones is 1. The van der Waals surface area contributed by atoms with Gasteiger partial charge in [0.05, 0.1) is 28.7 Å². The van der Waals surface area contributed by atoms with Crippen LogP contribution in [0.2, 0.25) is 5.02 Å². The van der Waals surface area contributed by atoms with Crippen LogP contribution in [0.15, 0.2) is 48.0 Å². The standard InChI is InChI=1S/C25H28ClN3O6/c1-4-27(5-2)12-7-13-28-22(16-8-6-9-18(14-16)29(33)34)21(24(31)25(28)32)23(30)17-10-11-20(35-3)19(26)15-17/h6,8-11,14-15,22,30H,4-5,7,12-13H2,1-3H3/t22-/m0/s1. The highest BCUT2D eigenvalue weighted by Crippen LogP contribution is 2.41. The molecule has 2 aromatic carbocycles. The average molecular weight is 502 g/mol. The minimum absolute atomic E-state index is 0.139. The van der Waals surface area contributed by atoms with E-state index in [4.69, 9.17) is 16.3 Å². The number of halogens is 1. The van der Waals surface area contributed by atoms with E-state index in [-0.39, 0.29) is 28.4 Å². The van der Waals surface area contributed by atoms with E-state index in [0.29, 0.717) is 24.3 Å². The molecule has 1 atom stereocenters. The van der Waals surface area contributed by atoms with E-state index in [1.165, 1.54) is 42.3 Å². The molecule has 1 aliphatic heterocycles. The van der Waals surface area contributed by atoms with Crippen LogP contribution >= 0.6 is 11.6 Å². The lowest BCUT2D eigenvalue weighted by Gasteiger charge is -2.26. The molecule has 0 aromatic heterocycles. The summed E-state index contributed by atoms with van der Waals surface area (Å²) in [5, 5.41) is 22.8. The Hall–Kier alpha value is -3.43. The molecule has 1 amide bonds. The van der Waals surface area contributed by atoms with Crippen molar-refractivity contribution in [2.45, 2.75) is 26.3 Å². The predicted octanol–water partition coefficient (Wildman–Crippen LogP) is 4.41. The summed E-state index contributed by atoms with van der Waals surface area (Å²) in [6.07, 6.45) is 0.592.